The topological polar surface area (TPSA) is 65.5 Å². The number of piperazine rings is 1. The molecule has 0 bridgehead atoms. The fourth-order valence-corrected chi connectivity index (χ4v) is 3.01. The van der Waals surface area contributed by atoms with Gasteiger partial charge in [0.05, 0.1) is 11.9 Å². The second-order valence-corrected chi connectivity index (χ2v) is 6.39. The van der Waals surface area contributed by atoms with Crippen molar-refractivity contribution >= 4 is 17.5 Å². The van der Waals surface area contributed by atoms with Crippen LogP contribution < -0.4 is 5.32 Å². The molecular weight excluding hydrogens is 328 g/mol. The summed E-state index contributed by atoms with van der Waals surface area (Å²) in [5.74, 6) is -0.0230. The fraction of sp³-hybridized carbons (Fsp3) is 0.350. The van der Waals surface area contributed by atoms with Gasteiger partial charge in [0.25, 0.3) is 5.91 Å². The van der Waals surface area contributed by atoms with Gasteiger partial charge in [-0.05, 0) is 24.1 Å². The van der Waals surface area contributed by atoms with E-state index in [1.807, 2.05) is 24.3 Å². The molecule has 136 valence electrons. The van der Waals surface area contributed by atoms with E-state index in [1.165, 1.54) is 5.56 Å². The highest BCUT2D eigenvalue weighted by Crippen LogP contribution is 2.11. The molecule has 0 spiro atoms. The highest BCUT2D eigenvalue weighted by Gasteiger charge is 2.23. The van der Waals surface area contributed by atoms with Crippen LogP contribution in [0.5, 0.6) is 0 Å². The van der Waals surface area contributed by atoms with Crippen molar-refractivity contribution in [3.63, 3.8) is 0 Å². The molecule has 1 N–H and O–H groups in total. The molecule has 1 aliphatic rings. The van der Waals surface area contributed by atoms with Crippen molar-refractivity contribution in [2.75, 3.05) is 38.0 Å². The maximum absolute atomic E-state index is 12.5. The Hall–Kier alpha value is -2.89. The number of hydrogen-bond donors (Lipinski definition) is 1. The average molecular weight is 352 g/mol. The summed E-state index contributed by atoms with van der Waals surface area (Å²) in [6.07, 6.45) is 2.63. The van der Waals surface area contributed by atoms with Crippen molar-refractivity contribution in [2.24, 2.45) is 0 Å². The second-order valence-electron chi connectivity index (χ2n) is 6.39. The van der Waals surface area contributed by atoms with Crippen LogP contribution >= 0.6 is 0 Å². The number of hydrogen-bond acceptors (Lipinski definition) is 4. The minimum Gasteiger partial charge on any atom is -0.383 e. The monoisotopic (exact) mass is 352 g/mol. The number of pyridine rings is 1. The molecule has 3 rings (SSSR count). The Labute approximate surface area is 153 Å². The largest absolute Gasteiger partial charge is 0.383 e. The molecule has 26 heavy (non-hydrogen) atoms. The zero-order chi connectivity index (χ0) is 18.4. The van der Waals surface area contributed by atoms with Crippen LogP contribution in [0.3, 0.4) is 0 Å². The van der Waals surface area contributed by atoms with Crippen molar-refractivity contribution in [2.45, 2.75) is 13.3 Å². The molecule has 0 unspecified atom stereocenters. The van der Waals surface area contributed by atoms with E-state index in [-0.39, 0.29) is 11.8 Å². The van der Waals surface area contributed by atoms with E-state index in [1.54, 1.807) is 29.0 Å². The minimum absolute atomic E-state index is 0.0566. The summed E-state index contributed by atoms with van der Waals surface area (Å²) >= 11 is 0. The summed E-state index contributed by atoms with van der Waals surface area (Å²) in [6, 6.07) is 13.9. The maximum Gasteiger partial charge on any atom is 0.272 e. The highest BCUT2D eigenvalue weighted by molar-refractivity contribution is 5.92. The highest BCUT2D eigenvalue weighted by atomic mass is 16.2. The normalized spacial score (nSPS) is 14.2. The Bertz CT molecular complexity index is 738. The van der Waals surface area contributed by atoms with Gasteiger partial charge in [-0.1, -0.05) is 30.3 Å². The zero-order valence-corrected chi connectivity index (χ0v) is 15.0. The molecule has 1 fully saturated rings. The lowest BCUT2D eigenvalue weighted by Crippen LogP contribution is -2.50. The smallest absolute Gasteiger partial charge is 0.272 e. The van der Waals surface area contributed by atoms with Crippen molar-refractivity contribution in [3.05, 3.63) is 59.9 Å². The average Bonchev–Trinajstić information content (AvgIpc) is 2.69. The van der Waals surface area contributed by atoms with Gasteiger partial charge in [-0.15, -0.1) is 0 Å². The molecule has 1 aliphatic heterocycles. The first-order valence-electron chi connectivity index (χ1n) is 8.92. The third-order valence-electron chi connectivity index (χ3n) is 4.58. The summed E-state index contributed by atoms with van der Waals surface area (Å²) in [6.45, 7) is 4.64. The SMILES string of the molecule is CC(=O)N1CCN(C(=O)c2ccc(NCCc3ccccc3)cn2)CC1. The molecule has 2 heterocycles. The van der Waals surface area contributed by atoms with E-state index in [4.69, 9.17) is 0 Å². The molecule has 0 atom stereocenters. The summed E-state index contributed by atoms with van der Waals surface area (Å²) in [5, 5.41) is 3.33. The molecule has 0 saturated carbocycles. The van der Waals surface area contributed by atoms with Crippen LogP contribution in [0.1, 0.15) is 23.0 Å². The maximum atomic E-state index is 12.5. The number of benzene rings is 1. The van der Waals surface area contributed by atoms with Gasteiger partial charge in [-0.25, -0.2) is 4.98 Å². The number of aromatic nitrogens is 1. The van der Waals surface area contributed by atoms with Crippen LogP contribution in [0.4, 0.5) is 5.69 Å². The number of nitrogens with zero attached hydrogens (tertiary/aromatic N) is 3. The van der Waals surface area contributed by atoms with Gasteiger partial charge in [-0.2, -0.15) is 0 Å². The van der Waals surface area contributed by atoms with Crippen LogP contribution in [0.25, 0.3) is 0 Å². The van der Waals surface area contributed by atoms with E-state index >= 15 is 0 Å². The molecule has 6 heteroatoms. The number of nitrogens with one attached hydrogen (secondary N) is 1. The fourth-order valence-electron chi connectivity index (χ4n) is 3.01. The molecule has 2 amide bonds. The van der Waals surface area contributed by atoms with Crippen molar-refractivity contribution in [1.29, 1.82) is 0 Å². The van der Waals surface area contributed by atoms with Crippen molar-refractivity contribution in [3.8, 4) is 0 Å². The van der Waals surface area contributed by atoms with Crippen LogP contribution in [0.15, 0.2) is 48.7 Å². The van der Waals surface area contributed by atoms with Crippen LogP contribution in [-0.2, 0) is 11.2 Å². The van der Waals surface area contributed by atoms with E-state index in [0.717, 1.165) is 18.7 Å². The standard InChI is InChI=1S/C20H24N4O2/c1-16(25)23-11-13-24(14-12-23)20(26)19-8-7-18(15-22-19)21-10-9-17-5-3-2-4-6-17/h2-8,15,21H,9-14H2,1H3. The Morgan fingerprint density at radius 2 is 1.69 bits per heavy atom. The van der Waals surface area contributed by atoms with Gasteiger partial charge in [0.2, 0.25) is 5.91 Å². The third kappa shape index (κ3) is 4.59. The van der Waals surface area contributed by atoms with Gasteiger partial charge in [0, 0.05) is 39.6 Å². The minimum atomic E-state index is -0.0796. The summed E-state index contributed by atoms with van der Waals surface area (Å²) in [7, 11) is 0. The molecule has 0 radical (unpaired) electrons. The summed E-state index contributed by atoms with van der Waals surface area (Å²) < 4.78 is 0. The molecule has 6 nitrogen and oxygen atoms in total. The van der Waals surface area contributed by atoms with Gasteiger partial charge >= 0.3 is 0 Å². The van der Waals surface area contributed by atoms with E-state index in [2.05, 4.69) is 22.4 Å². The van der Waals surface area contributed by atoms with Crippen molar-refractivity contribution in [1.82, 2.24) is 14.8 Å². The van der Waals surface area contributed by atoms with Gasteiger partial charge in [-0.3, -0.25) is 9.59 Å². The molecule has 0 aliphatic carbocycles. The Balaban J connectivity index is 1.49. The number of carbonyl (C=O) groups excluding carboxylic acids is 2. The summed E-state index contributed by atoms with van der Waals surface area (Å²) in [5.41, 5.74) is 2.62. The van der Waals surface area contributed by atoms with Crippen LogP contribution in [-0.4, -0.2) is 59.3 Å². The number of anilines is 1. The second kappa shape index (κ2) is 8.47. The van der Waals surface area contributed by atoms with E-state index < -0.39 is 0 Å². The molecule has 1 saturated heterocycles. The van der Waals surface area contributed by atoms with Gasteiger partial charge < -0.3 is 15.1 Å². The number of rotatable bonds is 5. The van der Waals surface area contributed by atoms with Gasteiger partial charge in [0.1, 0.15) is 5.69 Å². The molecule has 1 aromatic heterocycles. The lowest BCUT2D eigenvalue weighted by molar-refractivity contribution is -0.130. The predicted octanol–water partition coefficient (Wildman–Crippen LogP) is 2.04. The molecule has 2 aromatic rings. The number of amides is 2. The Morgan fingerprint density at radius 3 is 2.31 bits per heavy atom. The predicted molar refractivity (Wildman–Crippen MR) is 101 cm³/mol. The summed E-state index contributed by atoms with van der Waals surface area (Å²) in [4.78, 5) is 31.7. The first kappa shape index (κ1) is 17.9. The molecular formula is C20H24N4O2. The Kier molecular flexibility index (Phi) is 5.84. The molecule has 1 aromatic carbocycles. The zero-order valence-electron chi connectivity index (χ0n) is 15.0. The van der Waals surface area contributed by atoms with Crippen LogP contribution in [0, 0.1) is 0 Å². The Morgan fingerprint density at radius 1 is 1.00 bits per heavy atom. The number of carbonyl (C=O) groups is 2. The van der Waals surface area contributed by atoms with Gasteiger partial charge in [0.15, 0.2) is 0 Å². The van der Waals surface area contributed by atoms with E-state index in [0.29, 0.717) is 31.9 Å². The van der Waals surface area contributed by atoms with E-state index in [9.17, 15) is 9.59 Å². The first-order chi connectivity index (χ1) is 12.6. The van der Waals surface area contributed by atoms with Crippen molar-refractivity contribution < 1.29 is 9.59 Å². The lowest BCUT2D eigenvalue weighted by atomic mass is 10.1. The first-order valence-corrected chi connectivity index (χ1v) is 8.92. The van der Waals surface area contributed by atoms with Crippen LogP contribution in [0.2, 0.25) is 0 Å². The third-order valence-corrected chi connectivity index (χ3v) is 4.58. The lowest BCUT2D eigenvalue weighted by Gasteiger charge is -2.34. The quantitative estimate of drug-likeness (QED) is 0.894.